The van der Waals surface area contributed by atoms with Gasteiger partial charge in [0.25, 0.3) is 0 Å². The number of carbonyl (C=O) groups is 2. The summed E-state index contributed by atoms with van der Waals surface area (Å²) < 4.78 is 0.670. The summed E-state index contributed by atoms with van der Waals surface area (Å²) in [5.41, 5.74) is 5.48. The highest BCUT2D eigenvalue weighted by molar-refractivity contribution is 7.16. The molecule has 1 aliphatic heterocycles. The van der Waals surface area contributed by atoms with Crippen LogP contribution in [0.25, 0.3) is 0 Å². The average Bonchev–Trinajstić information content (AvgIpc) is 2.82. The SMILES string of the molecule is CCC(N)C(c1ccc(Cl)s1)N1CC(=O)NC(=O)C1(C)C. The summed E-state index contributed by atoms with van der Waals surface area (Å²) >= 11 is 7.47. The first-order chi connectivity index (χ1) is 9.77. The number of imide groups is 1. The molecule has 0 radical (unpaired) electrons. The summed E-state index contributed by atoms with van der Waals surface area (Å²) in [4.78, 5) is 26.8. The Morgan fingerprint density at radius 2 is 2.14 bits per heavy atom. The van der Waals surface area contributed by atoms with E-state index >= 15 is 0 Å². The van der Waals surface area contributed by atoms with Gasteiger partial charge in [-0.05, 0) is 32.4 Å². The predicted molar refractivity (Wildman–Crippen MR) is 84.3 cm³/mol. The predicted octanol–water partition coefficient (Wildman–Crippen LogP) is 1.92. The molecule has 0 spiro atoms. The fourth-order valence-electron chi connectivity index (χ4n) is 2.55. The van der Waals surface area contributed by atoms with Crippen LogP contribution < -0.4 is 11.1 Å². The summed E-state index contributed by atoms with van der Waals surface area (Å²) in [6, 6.07) is 3.34. The van der Waals surface area contributed by atoms with Gasteiger partial charge in [0.2, 0.25) is 11.8 Å². The van der Waals surface area contributed by atoms with Crippen LogP contribution >= 0.6 is 22.9 Å². The molecular weight excluding hydrogens is 310 g/mol. The summed E-state index contributed by atoms with van der Waals surface area (Å²) in [6.45, 7) is 5.75. The third-order valence-electron chi connectivity index (χ3n) is 3.94. The number of rotatable bonds is 4. The van der Waals surface area contributed by atoms with E-state index < -0.39 is 5.54 Å². The van der Waals surface area contributed by atoms with Crippen molar-refractivity contribution in [3.05, 3.63) is 21.3 Å². The number of nitrogens with zero attached hydrogens (tertiary/aromatic N) is 1. The lowest BCUT2D eigenvalue weighted by atomic mass is 9.92. The van der Waals surface area contributed by atoms with Gasteiger partial charge in [-0.3, -0.25) is 19.8 Å². The van der Waals surface area contributed by atoms with E-state index in [-0.39, 0.29) is 30.4 Å². The zero-order valence-electron chi connectivity index (χ0n) is 12.4. The monoisotopic (exact) mass is 329 g/mol. The minimum Gasteiger partial charge on any atom is -0.326 e. The topological polar surface area (TPSA) is 75.4 Å². The third kappa shape index (κ3) is 3.13. The third-order valence-corrected chi connectivity index (χ3v) is 5.24. The molecule has 2 rings (SSSR count). The molecule has 2 heterocycles. The molecule has 2 atom stereocenters. The minimum absolute atomic E-state index is 0.145. The van der Waals surface area contributed by atoms with Crippen LogP contribution in [0.1, 0.15) is 38.1 Å². The maximum atomic E-state index is 12.2. The number of amides is 2. The van der Waals surface area contributed by atoms with Crippen LogP contribution in [-0.2, 0) is 9.59 Å². The number of carbonyl (C=O) groups excluding carboxylic acids is 2. The fraction of sp³-hybridized carbons (Fsp3) is 0.571. The number of halogens is 1. The van der Waals surface area contributed by atoms with Crippen molar-refractivity contribution in [1.82, 2.24) is 10.2 Å². The molecule has 3 N–H and O–H groups in total. The fourth-order valence-corrected chi connectivity index (χ4v) is 3.80. The summed E-state index contributed by atoms with van der Waals surface area (Å²) in [5.74, 6) is -0.593. The molecule has 1 fully saturated rings. The normalized spacial score (nSPS) is 22.0. The largest absolute Gasteiger partial charge is 0.326 e. The van der Waals surface area contributed by atoms with E-state index in [4.69, 9.17) is 17.3 Å². The molecule has 7 heteroatoms. The molecule has 1 saturated heterocycles. The molecular formula is C14H20ClN3O2S. The molecule has 0 bridgehead atoms. The van der Waals surface area contributed by atoms with E-state index in [1.54, 1.807) is 13.8 Å². The molecule has 1 aliphatic rings. The number of thiophene rings is 1. The van der Waals surface area contributed by atoms with E-state index in [1.165, 1.54) is 11.3 Å². The maximum Gasteiger partial charge on any atom is 0.246 e. The molecule has 2 unspecified atom stereocenters. The molecule has 116 valence electrons. The number of hydrogen-bond acceptors (Lipinski definition) is 5. The Hall–Kier alpha value is -0.950. The van der Waals surface area contributed by atoms with Crippen LogP contribution in [0.5, 0.6) is 0 Å². The molecule has 1 aromatic heterocycles. The van der Waals surface area contributed by atoms with Crippen molar-refractivity contribution in [2.75, 3.05) is 6.54 Å². The first kappa shape index (κ1) is 16.4. The lowest BCUT2D eigenvalue weighted by Crippen LogP contribution is -2.66. The number of nitrogens with one attached hydrogen (secondary N) is 1. The first-order valence-electron chi connectivity index (χ1n) is 6.89. The number of piperazine rings is 1. The van der Waals surface area contributed by atoms with Gasteiger partial charge in [-0.2, -0.15) is 0 Å². The van der Waals surface area contributed by atoms with Crippen molar-refractivity contribution < 1.29 is 9.59 Å². The zero-order valence-corrected chi connectivity index (χ0v) is 13.9. The highest BCUT2D eigenvalue weighted by Gasteiger charge is 2.46. The molecule has 0 aliphatic carbocycles. The quantitative estimate of drug-likeness (QED) is 0.827. The van der Waals surface area contributed by atoms with Crippen LogP contribution in [0.2, 0.25) is 4.34 Å². The minimum atomic E-state index is -0.804. The second-order valence-electron chi connectivity index (χ2n) is 5.72. The summed E-state index contributed by atoms with van der Waals surface area (Å²) in [5, 5.41) is 2.38. The number of nitrogens with two attached hydrogens (primary N) is 1. The summed E-state index contributed by atoms with van der Waals surface area (Å²) in [6.07, 6.45) is 0.739. The maximum absolute atomic E-state index is 12.2. The lowest BCUT2D eigenvalue weighted by Gasteiger charge is -2.46. The lowest BCUT2D eigenvalue weighted by molar-refractivity contribution is -0.147. The van der Waals surface area contributed by atoms with Crippen LogP contribution in [0.4, 0.5) is 0 Å². The number of hydrogen-bond donors (Lipinski definition) is 2. The smallest absolute Gasteiger partial charge is 0.246 e. The van der Waals surface area contributed by atoms with Crippen LogP contribution in [0.15, 0.2) is 12.1 Å². The van der Waals surface area contributed by atoms with Crippen LogP contribution in [0.3, 0.4) is 0 Å². The van der Waals surface area contributed by atoms with Gasteiger partial charge in [0.1, 0.15) is 0 Å². The van der Waals surface area contributed by atoms with Gasteiger partial charge < -0.3 is 5.73 Å². The van der Waals surface area contributed by atoms with Crippen molar-refractivity contribution in [1.29, 1.82) is 0 Å². The van der Waals surface area contributed by atoms with Gasteiger partial charge in [-0.15, -0.1) is 11.3 Å². The van der Waals surface area contributed by atoms with Gasteiger partial charge >= 0.3 is 0 Å². The van der Waals surface area contributed by atoms with Crippen molar-refractivity contribution in [3.63, 3.8) is 0 Å². The van der Waals surface area contributed by atoms with Crippen molar-refractivity contribution in [3.8, 4) is 0 Å². The van der Waals surface area contributed by atoms with Gasteiger partial charge in [-0.25, -0.2) is 0 Å². The Balaban J connectivity index is 2.44. The Bertz CT molecular complexity index is 558. The standard InChI is InChI=1S/C14H20ClN3O2S/c1-4-8(16)12(9-5-6-10(15)21-9)18-7-11(19)17-13(20)14(18,2)3/h5-6,8,12H,4,7,16H2,1-3H3,(H,17,19,20). The average molecular weight is 330 g/mol. The second-order valence-corrected chi connectivity index (χ2v) is 7.47. The van der Waals surface area contributed by atoms with E-state index in [1.807, 2.05) is 24.0 Å². The second kappa shape index (κ2) is 6.04. The van der Waals surface area contributed by atoms with Crippen molar-refractivity contribution in [2.24, 2.45) is 5.73 Å². The van der Waals surface area contributed by atoms with Gasteiger partial charge in [0, 0.05) is 10.9 Å². The molecule has 2 amide bonds. The molecule has 5 nitrogen and oxygen atoms in total. The van der Waals surface area contributed by atoms with Gasteiger partial charge in [0.15, 0.2) is 0 Å². The highest BCUT2D eigenvalue weighted by atomic mass is 35.5. The van der Waals surface area contributed by atoms with E-state index in [0.29, 0.717) is 4.34 Å². The Morgan fingerprint density at radius 1 is 1.48 bits per heavy atom. The first-order valence-corrected chi connectivity index (χ1v) is 8.08. The molecule has 21 heavy (non-hydrogen) atoms. The van der Waals surface area contributed by atoms with E-state index in [9.17, 15) is 9.59 Å². The van der Waals surface area contributed by atoms with Crippen molar-refractivity contribution >= 4 is 34.8 Å². The molecule has 0 saturated carbocycles. The van der Waals surface area contributed by atoms with Gasteiger partial charge in [-0.1, -0.05) is 18.5 Å². The van der Waals surface area contributed by atoms with Gasteiger partial charge in [0.05, 0.1) is 22.5 Å². The Kier molecular flexibility index (Phi) is 4.72. The molecule has 1 aromatic rings. The molecule has 0 aromatic carbocycles. The van der Waals surface area contributed by atoms with Crippen molar-refractivity contribution in [2.45, 2.75) is 44.8 Å². The van der Waals surface area contributed by atoms with E-state index in [2.05, 4.69) is 5.32 Å². The Morgan fingerprint density at radius 3 is 2.67 bits per heavy atom. The summed E-state index contributed by atoms with van der Waals surface area (Å²) in [7, 11) is 0. The zero-order chi connectivity index (χ0) is 15.8. The van der Waals surface area contributed by atoms with Crippen LogP contribution in [0, 0.1) is 0 Å². The van der Waals surface area contributed by atoms with E-state index in [0.717, 1.165) is 11.3 Å². The Labute approximate surface area is 133 Å². The van der Waals surface area contributed by atoms with Crippen LogP contribution in [-0.4, -0.2) is 34.8 Å². The highest BCUT2D eigenvalue weighted by Crippen LogP contribution is 2.37.